The molecule has 1 atom stereocenters. The van der Waals surface area contributed by atoms with Gasteiger partial charge in [0.25, 0.3) is 0 Å². The van der Waals surface area contributed by atoms with Gasteiger partial charge in [0, 0.05) is 29.4 Å². The average Bonchev–Trinajstić information content (AvgIpc) is 3.24. The zero-order chi connectivity index (χ0) is 23.4. The molecule has 2 aromatic heterocycles. The van der Waals surface area contributed by atoms with Gasteiger partial charge in [-0.3, -0.25) is 0 Å². The summed E-state index contributed by atoms with van der Waals surface area (Å²) in [7, 11) is 0. The van der Waals surface area contributed by atoms with Crippen molar-refractivity contribution >= 4 is 28.8 Å². The van der Waals surface area contributed by atoms with E-state index in [9.17, 15) is 18.3 Å². The number of nitrogens with one attached hydrogen (secondary N) is 2. The topological polar surface area (TPSA) is 83.0 Å². The van der Waals surface area contributed by atoms with Gasteiger partial charge in [-0.15, -0.1) is 11.3 Å². The highest BCUT2D eigenvalue weighted by atomic mass is 32.1. The first-order valence-electron chi connectivity index (χ1n) is 10.0. The monoisotopic (exact) mass is 471 g/mol. The number of aromatic nitrogens is 3. The second-order valence-electron chi connectivity index (χ2n) is 7.20. The Balaban J connectivity index is 1.44. The molecule has 3 N–H and O–H groups in total. The van der Waals surface area contributed by atoms with Crippen LogP contribution in [0.1, 0.15) is 22.2 Å². The SMILES string of the molecule is Cc1nc(-c2cccc(Nc3nccc(NCC(O)c4ccccc4C(F)(F)F)n3)c2)cs1. The molecule has 0 saturated heterocycles. The minimum Gasteiger partial charge on any atom is -0.387 e. The van der Waals surface area contributed by atoms with E-state index < -0.39 is 17.8 Å². The summed E-state index contributed by atoms with van der Waals surface area (Å²) in [5, 5.41) is 19.3. The number of aliphatic hydroxyl groups excluding tert-OH is 1. The molecule has 0 saturated carbocycles. The normalized spacial score (nSPS) is 12.4. The van der Waals surface area contributed by atoms with Gasteiger partial charge < -0.3 is 15.7 Å². The van der Waals surface area contributed by atoms with Crippen LogP contribution in [0.2, 0.25) is 0 Å². The average molecular weight is 472 g/mol. The smallest absolute Gasteiger partial charge is 0.387 e. The predicted octanol–water partition coefficient (Wildman–Crippen LogP) is 5.82. The number of benzene rings is 2. The Bertz CT molecular complexity index is 1240. The number of halogens is 3. The number of aryl methyl sites for hydroxylation is 1. The molecule has 0 spiro atoms. The highest BCUT2D eigenvalue weighted by molar-refractivity contribution is 7.09. The summed E-state index contributed by atoms with van der Waals surface area (Å²) < 4.78 is 39.6. The zero-order valence-electron chi connectivity index (χ0n) is 17.5. The van der Waals surface area contributed by atoms with Gasteiger partial charge in [-0.25, -0.2) is 9.97 Å². The molecule has 4 aromatic rings. The van der Waals surface area contributed by atoms with Crippen molar-refractivity contribution in [1.29, 1.82) is 0 Å². The van der Waals surface area contributed by atoms with Gasteiger partial charge in [0.15, 0.2) is 0 Å². The molecule has 6 nitrogen and oxygen atoms in total. The second kappa shape index (κ2) is 9.55. The van der Waals surface area contributed by atoms with Crippen LogP contribution in [0.15, 0.2) is 66.2 Å². The van der Waals surface area contributed by atoms with Gasteiger partial charge >= 0.3 is 6.18 Å². The van der Waals surface area contributed by atoms with E-state index in [4.69, 9.17) is 0 Å². The summed E-state index contributed by atoms with van der Waals surface area (Å²) in [5.74, 6) is 0.666. The van der Waals surface area contributed by atoms with Gasteiger partial charge in [0.05, 0.1) is 22.4 Å². The van der Waals surface area contributed by atoms with E-state index in [-0.39, 0.29) is 12.1 Å². The van der Waals surface area contributed by atoms with Crippen molar-refractivity contribution in [3.05, 3.63) is 82.3 Å². The molecule has 2 aromatic carbocycles. The third kappa shape index (κ3) is 5.65. The summed E-state index contributed by atoms with van der Waals surface area (Å²) in [4.78, 5) is 13.0. The third-order valence-corrected chi connectivity index (χ3v) is 5.56. The highest BCUT2D eigenvalue weighted by Crippen LogP contribution is 2.34. The fraction of sp³-hybridized carbons (Fsp3) is 0.174. The van der Waals surface area contributed by atoms with Crippen molar-refractivity contribution in [2.75, 3.05) is 17.2 Å². The first kappa shape index (κ1) is 22.7. The van der Waals surface area contributed by atoms with E-state index in [1.165, 1.54) is 24.4 Å². The molecule has 170 valence electrons. The fourth-order valence-electron chi connectivity index (χ4n) is 3.26. The number of anilines is 3. The Morgan fingerprint density at radius 3 is 2.64 bits per heavy atom. The van der Waals surface area contributed by atoms with Crippen molar-refractivity contribution in [3.8, 4) is 11.3 Å². The Labute approximate surface area is 192 Å². The molecule has 2 heterocycles. The molecule has 0 amide bonds. The quantitative estimate of drug-likeness (QED) is 0.315. The van der Waals surface area contributed by atoms with E-state index in [1.54, 1.807) is 17.4 Å². The molecule has 0 aliphatic rings. The van der Waals surface area contributed by atoms with Crippen molar-refractivity contribution in [1.82, 2.24) is 15.0 Å². The molecule has 10 heteroatoms. The molecule has 33 heavy (non-hydrogen) atoms. The number of hydrogen-bond acceptors (Lipinski definition) is 7. The van der Waals surface area contributed by atoms with Crippen molar-refractivity contribution in [2.45, 2.75) is 19.2 Å². The Hall–Kier alpha value is -3.50. The second-order valence-corrected chi connectivity index (χ2v) is 8.27. The molecule has 0 aliphatic carbocycles. The minimum absolute atomic E-state index is 0.151. The lowest BCUT2D eigenvalue weighted by Gasteiger charge is -2.18. The summed E-state index contributed by atoms with van der Waals surface area (Å²) in [6.45, 7) is 1.80. The Kier molecular flexibility index (Phi) is 6.57. The maximum atomic E-state index is 13.2. The summed E-state index contributed by atoms with van der Waals surface area (Å²) >= 11 is 1.57. The molecule has 1 unspecified atom stereocenters. The molecular formula is C23H20F3N5OS. The molecular weight excluding hydrogens is 451 g/mol. The Morgan fingerprint density at radius 2 is 1.88 bits per heavy atom. The number of aliphatic hydroxyl groups is 1. The van der Waals surface area contributed by atoms with E-state index in [0.717, 1.165) is 28.0 Å². The van der Waals surface area contributed by atoms with Crippen molar-refractivity contribution in [2.24, 2.45) is 0 Å². The lowest BCUT2D eigenvalue weighted by atomic mass is 10.0. The van der Waals surface area contributed by atoms with Crippen LogP contribution in [0.4, 0.5) is 30.6 Å². The standard InChI is InChI=1S/C23H20F3N5OS/c1-14-29-19(13-33-14)15-5-4-6-16(11-15)30-22-27-10-9-21(31-22)28-12-20(32)17-7-2-3-8-18(17)23(24,25)26/h2-11,13,20,32H,12H2,1H3,(H2,27,28,30,31). The van der Waals surface area contributed by atoms with E-state index in [1.807, 2.05) is 36.6 Å². The third-order valence-electron chi connectivity index (χ3n) is 4.79. The number of alkyl halides is 3. The maximum Gasteiger partial charge on any atom is 0.416 e. The lowest BCUT2D eigenvalue weighted by molar-refractivity contribution is -0.139. The van der Waals surface area contributed by atoms with Crippen LogP contribution in [-0.4, -0.2) is 26.6 Å². The summed E-state index contributed by atoms with van der Waals surface area (Å²) in [6.07, 6.45) is -4.40. The van der Waals surface area contributed by atoms with Crippen molar-refractivity contribution < 1.29 is 18.3 Å². The van der Waals surface area contributed by atoms with Crippen LogP contribution in [-0.2, 0) is 6.18 Å². The van der Waals surface area contributed by atoms with Crippen LogP contribution < -0.4 is 10.6 Å². The summed E-state index contributed by atoms with van der Waals surface area (Å²) in [5.41, 5.74) is 1.53. The minimum atomic E-state index is -4.55. The van der Waals surface area contributed by atoms with E-state index in [2.05, 4.69) is 25.6 Å². The van der Waals surface area contributed by atoms with Gasteiger partial charge in [-0.05, 0) is 36.8 Å². The van der Waals surface area contributed by atoms with Crippen LogP contribution in [0.25, 0.3) is 11.3 Å². The number of rotatable bonds is 7. The van der Waals surface area contributed by atoms with Gasteiger partial charge in [-0.1, -0.05) is 30.3 Å². The molecule has 0 bridgehead atoms. The highest BCUT2D eigenvalue weighted by Gasteiger charge is 2.34. The maximum absolute atomic E-state index is 13.2. The van der Waals surface area contributed by atoms with Gasteiger partial charge in [0.2, 0.25) is 5.95 Å². The van der Waals surface area contributed by atoms with Crippen LogP contribution >= 0.6 is 11.3 Å². The lowest BCUT2D eigenvalue weighted by Crippen LogP contribution is -2.18. The number of thiazole rings is 1. The van der Waals surface area contributed by atoms with Gasteiger partial charge in [0.1, 0.15) is 5.82 Å². The number of nitrogens with zero attached hydrogens (tertiary/aromatic N) is 3. The van der Waals surface area contributed by atoms with E-state index in [0.29, 0.717) is 11.8 Å². The van der Waals surface area contributed by atoms with Crippen LogP contribution in [0.5, 0.6) is 0 Å². The molecule has 0 fully saturated rings. The largest absolute Gasteiger partial charge is 0.416 e. The van der Waals surface area contributed by atoms with Crippen LogP contribution in [0, 0.1) is 6.92 Å². The first-order chi connectivity index (χ1) is 15.8. The van der Waals surface area contributed by atoms with E-state index >= 15 is 0 Å². The van der Waals surface area contributed by atoms with Gasteiger partial charge in [-0.2, -0.15) is 18.2 Å². The predicted molar refractivity (Wildman–Crippen MR) is 122 cm³/mol. The zero-order valence-corrected chi connectivity index (χ0v) is 18.3. The number of hydrogen-bond donors (Lipinski definition) is 3. The summed E-state index contributed by atoms with van der Waals surface area (Å²) in [6, 6.07) is 14.2. The Morgan fingerprint density at radius 1 is 1.06 bits per heavy atom. The van der Waals surface area contributed by atoms with Crippen LogP contribution in [0.3, 0.4) is 0 Å². The first-order valence-corrected chi connectivity index (χ1v) is 10.9. The molecule has 0 aliphatic heterocycles. The molecule has 4 rings (SSSR count). The van der Waals surface area contributed by atoms with Crippen molar-refractivity contribution in [3.63, 3.8) is 0 Å². The fourth-order valence-corrected chi connectivity index (χ4v) is 3.88. The molecule has 0 radical (unpaired) electrons.